The molecule has 0 saturated carbocycles. The van der Waals surface area contributed by atoms with Crippen LogP contribution < -0.4 is 5.32 Å². The van der Waals surface area contributed by atoms with E-state index in [2.05, 4.69) is 26.1 Å². The van der Waals surface area contributed by atoms with Crippen LogP contribution in [-0.4, -0.2) is 26.3 Å². The van der Waals surface area contributed by atoms with Crippen molar-refractivity contribution in [3.05, 3.63) is 0 Å². The van der Waals surface area contributed by atoms with Gasteiger partial charge in [-0.2, -0.15) is 0 Å². The predicted molar refractivity (Wildman–Crippen MR) is 67.3 cm³/mol. The van der Waals surface area contributed by atoms with E-state index in [1.807, 2.05) is 0 Å². The molecular weight excluding hydrogens is 186 g/mol. The highest BCUT2D eigenvalue weighted by molar-refractivity contribution is 4.60. The van der Waals surface area contributed by atoms with Gasteiger partial charge in [0.15, 0.2) is 0 Å². The lowest BCUT2D eigenvalue weighted by atomic mass is 10.0. The van der Waals surface area contributed by atoms with Crippen molar-refractivity contribution in [1.82, 2.24) is 5.32 Å². The van der Waals surface area contributed by atoms with E-state index in [1.165, 1.54) is 38.6 Å². The highest BCUT2D eigenvalue weighted by Gasteiger charge is 2.04. The summed E-state index contributed by atoms with van der Waals surface area (Å²) in [5, 5.41) is 3.54. The molecule has 1 N–H and O–H groups in total. The molecule has 0 heterocycles. The van der Waals surface area contributed by atoms with Crippen molar-refractivity contribution in [3.8, 4) is 0 Å². The molecule has 1 unspecified atom stereocenters. The fourth-order valence-electron chi connectivity index (χ4n) is 1.65. The lowest BCUT2D eigenvalue weighted by molar-refractivity contribution is 0.131. The second-order valence-corrected chi connectivity index (χ2v) is 4.17. The van der Waals surface area contributed by atoms with Crippen LogP contribution in [0.5, 0.6) is 0 Å². The predicted octanol–water partition coefficient (Wildman–Crippen LogP) is 3.22. The van der Waals surface area contributed by atoms with Crippen LogP contribution in [0.4, 0.5) is 0 Å². The fraction of sp³-hybridized carbons (Fsp3) is 1.00. The van der Waals surface area contributed by atoms with Gasteiger partial charge in [0.2, 0.25) is 0 Å². The lowest BCUT2D eigenvalue weighted by Crippen LogP contribution is -2.24. The highest BCUT2D eigenvalue weighted by atomic mass is 16.5. The van der Waals surface area contributed by atoms with Crippen LogP contribution in [0.25, 0.3) is 0 Å². The third-order valence-electron chi connectivity index (χ3n) is 2.84. The molecule has 0 rings (SSSR count). The molecule has 0 aliphatic carbocycles. The minimum Gasteiger partial charge on any atom is -0.382 e. The van der Waals surface area contributed by atoms with Gasteiger partial charge in [0.25, 0.3) is 0 Å². The molecule has 15 heavy (non-hydrogen) atoms. The van der Waals surface area contributed by atoms with Crippen LogP contribution in [0.15, 0.2) is 0 Å². The number of nitrogens with one attached hydrogen (secondary N) is 1. The Morgan fingerprint density at radius 3 is 2.53 bits per heavy atom. The van der Waals surface area contributed by atoms with Gasteiger partial charge in [-0.1, -0.05) is 33.1 Å². The van der Waals surface area contributed by atoms with Gasteiger partial charge in [0.1, 0.15) is 0 Å². The van der Waals surface area contributed by atoms with Crippen LogP contribution in [0.2, 0.25) is 0 Å². The smallest absolute Gasteiger partial charge is 0.0469 e. The maximum atomic E-state index is 5.38. The van der Waals surface area contributed by atoms with Crippen LogP contribution in [0, 0.1) is 5.92 Å². The topological polar surface area (TPSA) is 21.3 Å². The Morgan fingerprint density at radius 2 is 1.93 bits per heavy atom. The molecule has 0 radical (unpaired) electrons. The third kappa shape index (κ3) is 10.2. The van der Waals surface area contributed by atoms with Crippen LogP contribution in [0.3, 0.4) is 0 Å². The van der Waals surface area contributed by atoms with E-state index in [1.54, 1.807) is 0 Å². The van der Waals surface area contributed by atoms with Crippen molar-refractivity contribution in [1.29, 1.82) is 0 Å². The van der Waals surface area contributed by atoms with Crippen molar-refractivity contribution in [2.75, 3.05) is 26.3 Å². The van der Waals surface area contributed by atoms with Gasteiger partial charge < -0.3 is 10.1 Å². The molecule has 1 atom stereocenters. The summed E-state index contributed by atoms with van der Waals surface area (Å²) in [5.74, 6) is 0.790. The molecular formula is C13H29NO. The number of hydrogen-bond donors (Lipinski definition) is 1. The first kappa shape index (κ1) is 14.9. The Kier molecular flexibility index (Phi) is 11.9. The van der Waals surface area contributed by atoms with E-state index in [4.69, 9.17) is 4.74 Å². The van der Waals surface area contributed by atoms with Crippen molar-refractivity contribution in [2.45, 2.75) is 52.9 Å². The molecule has 0 fully saturated rings. The maximum absolute atomic E-state index is 5.38. The standard InChI is InChI=1S/C13H29NO/c1-4-7-8-10-14-12-13(5-2)9-11-15-6-3/h13-14H,4-12H2,1-3H3. The van der Waals surface area contributed by atoms with Crippen molar-refractivity contribution < 1.29 is 4.74 Å². The molecule has 0 aliphatic heterocycles. The Morgan fingerprint density at radius 1 is 1.13 bits per heavy atom. The van der Waals surface area contributed by atoms with Crippen LogP contribution in [-0.2, 0) is 4.74 Å². The van der Waals surface area contributed by atoms with Gasteiger partial charge >= 0.3 is 0 Å². The van der Waals surface area contributed by atoms with Crippen molar-refractivity contribution in [3.63, 3.8) is 0 Å². The second kappa shape index (κ2) is 12.0. The summed E-state index contributed by atoms with van der Waals surface area (Å²) in [4.78, 5) is 0. The Hall–Kier alpha value is -0.0800. The van der Waals surface area contributed by atoms with Crippen LogP contribution in [0.1, 0.15) is 52.9 Å². The normalized spacial score (nSPS) is 13.0. The van der Waals surface area contributed by atoms with E-state index < -0.39 is 0 Å². The summed E-state index contributed by atoms with van der Waals surface area (Å²) >= 11 is 0. The largest absolute Gasteiger partial charge is 0.382 e. The summed E-state index contributed by atoms with van der Waals surface area (Å²) in [6, 6.07) is 0. The Labute approximate surface area is 95.8 Å². The lowest BCUT2D eigenvalue weighted by Gasteiger charge is -2.15. The summed E-state index contributed by atoms with van der Waals surface area (Å²) in [6.07, 6.45) is 6.43. The fourth-order valence-corrected chi connectivity index (χ4v) is 1.65. The molecule has 0 bridgehead atoms. The number of ether oxygens (including phenoxy) is 1. The first-order valence-corrected chi connectivity index (χ1v) is 6.63. The first-order chi connectivity index (χ1) is 7.35. The second-order valence-electron chi connectivity index (χ2n) is 4.17. The molecule has 0 aromatic rings. The molecule has 0 saturated heterocycles. The summed E-state index contributed by atoms with van der Waals surface area (Å²) < 4.78 is 5.38. The molecule has 92 valence electrons. The summed E-state index contributed by atoms with van der Waals surface area (Å²) in [7, 11) is 0. The molecule has 0 aliphatic rings. The molecule has 0 spiro atoms. The third-order valence-corrected chi connectivity index (χ3v) is 2.84. The van der Waals surface area contributed by atoms with Crippen LogP contribution >= 0.6 is 0 Å². The zero-order valence-corrected chi connectivity index (χ0v) is 10.8. The Bertz CT molecular complexity index is 117. The van der Waals surface area contributed by atoms with Gasteiger partial charge in [-0.05, 0) is 38.8 Å². The molecule has 2 nitrogen and oxygen atoms in total. The average molecular weight is 215 g/mol. The monoisotopic (exact) mass is 215 g/mol. The molecule has 0 amide bonds. The number of rotatable bonds is 11. The zero-order valence-electron chi connectivity index (χ0n) is 10.8. The van der Waals surface area contributed by atoms with Gasteiger partial charge in [-0.25, -0.2) is 0 Å². The molecule has 0 aromatic carbocycles. The SMILES string of the molecule is CCCCCNCC(CC)CCOCC. The van der Waals surface area contributed by atoms with E-state index in [-0.39, 0.29) is 0 Å². The first-order valence-electron chi connectivity index (χ1n) is 6.63. The average Bonchev–Trinajstić information content (AvgIpc) is 2.26. The molecule has 2 heteroatoms. The van der Waals surface area contributed by atoms with Gasteiger partial charge in [0, 0.05) is 13.2 Å². The van der Waals surface area contributed by atoms with Crippen molar-refractivity contribution >= 4 is 0 Å². The Balaban J connectivity index is 3.28. The molecule has 0 aromatic heterocycles. The van der Waals surface area contributed by atoms with E-state index in [9.17, 15) is 0 Å². The number of unbranched alkanes of at least 4 members (excludes halogenated alkanes) is 2. The number of hydrogen-bond acceptors (Lipinski definition) is 2. The van der Waals surface area contributed by atoms with E-state index >= 15 is 0 Å². The quantitative estimate of drug-likeness (QED) is 0.534. The highest BCUT2D eigenvalue weighted by Crippen LogP contribution is 2.06. The van der Waals surface area contributed by atoms with Gasteiger partial charge in [0.05, 0.1) is 0 Å². The van der Waals surface area contributed by atoms with Gasteiger partial charge in [-0.15, -0.1) is 0 Å². The van der Waals surface area contributed by atoms with E-state index in [0.717, 1.165) is 25.7 Å². The van der Waals surface area contributed by atoms with Gasteiger partial charge in [-0.3, -0.25) is 0 Å². The van der Waals surface area contributed by atoms with E-state index in [0.29, 0.717) is 0 Å². The zero-order chi connectivity index (χ0) is 11.4. The minimum absolute atomic E-state index is 0.790. The van der Waals surface area contributed by atoms with Crippen molar-refractivity contribution in [2.24, 2.45) is 5.92 Å². The summed E-state index contributed by atoms with van der Waals surface area (Å²) in [6.45, 7) is 10.7. The minimum atomic E-state index is 0.790. The maximum Gasteiger partial charge on any atom is 0.0469 e. The summed E-state index contributed by atoms with van der Waals surface area (Å²) in [5.41, 5.74) is 0.